The number of oxazole rings is 1. The third-order valence-corrected chi connectivity index (χ3v) is 25.3. The molecule has 0 fully saturated rings. The van der Waals surface area contributed by atoms with Gasteiger partial charge in [0.15, 0.2) is 42.8 Å². The van der Waals surface area contributed by atoms with E-state index in [0.717, 1.165) is 103 Å². The topological polar surface area (TPSA) is 114 Å². The largest absolute Gasteiger partial charge is 0.420 e. The molecule has 0 aliphatic carbocycles. The van der Waals surface area contributed by atoms with Gasteiger partial charge in [0.05, 0.1) is 47.0 Å². The van der Waals surface area contributed by atoms with Gasteiger partial charge < -0.3 is 18.6 Å². The Bertz CT molecular complexity index is 6320. The Kier molecular flexibility index (Phi) is 27.9. The van der Waals surface area contributed by atoms with Gasteiger partial charge in [-0.3, -0.25) is 4.68 Å². The number of thiazole rings is 1. The molecule has 0 amide bonds. The van der Waals surface area contributed by atoms with Gasteiger partial charge in [0.2, 0.25) is 17.5 Å². The highest BCUT2D eigenvalue weighted by molar-refractivity contribution is 7.21. The van der Waals surface area contributed by atoms with E-state index in [1.54, 1.807) is 12.7 Å². The van der Waals surface area contributed by atoms with E-state index in [-0.39, 0.29) is 0 Å². The molecule has 0 radical (unpaired) electrons. The third kappa shape index (κ3) is 18.6. The van der Waals surface area contributed by atoms with Gasteiger partial charge in [-0.2, -0.15) is 46.2 Å². The first-order chi connectivity index (χ1) is 60.1. The van der Waals surface area contributed by atoms with Crippen molar-refractivity contribution < 1.29 is 55.3 Å². The molecule has 20 heteroatoms. The highest BCUT2D eigenvalue weighted by Gasteiger charge is 2.40. The van der Waals surface area contributed by atoms with Gasteiger partial charge in [0.25, 0.3) is 11.4 Å². The molecular weight excluding hydrogens is 1580 g/mol. The number of hydrogen-bond donors (Lipinski definition) is 0. The minimum Gasteiger partial charge on any atom is -0.420 e. The standard InChI is InChI=1S/2C30H40N4O.C27H33N3O2.C19H20N4S/c1-20(2)24-14-12-15-25(21(3)4)29(24)34-18-28(35-27-16-11-10-13-23(27)7)32(9)30(34)26-17-33(22(5)6)19-31(26)8;1-20(2)24-14-12-15-25(21(3)4)29(24)33-19-28(35-27-16-11-10-13-23(27)7)31(8)30(33)26-17-18-34(22(5)6)32(26)9;1-18(2)21-12-10-13-22(19(3)4)26(21)30-15-25(32-24-14-9-8-11-20(24)5)29(7)27(30)23-16-31-17-28(23)6;1-13-12-17(23(4)20-13)14-9-7-10-16(21(14)2)19-22(3)15-8-5-6-11-18(15)24-19/h2*10-22H,1-9H3;8-19H,1-7H3;5-12H,1-4H3/q4*+2. The van der Waals surface area contributed by atoms with Gasteiger partial charge in [0.1, 0.15) is 72.0 Å². The molecule has 9 heterocycles. The average Bonchev–Trinajstić information content (AvgIpc) is 1.60. The fraction of sp³-hybridized carbons (Fsp3) is 0.349. The highest BCUT2D eigenvalue weighted by Crippen LogP contribution is 2.41. The predicted molar refractivity (Wildman–Crippen MR) is 505 cm³/mol. The minimum absolute atomic E-state index is 0.360. The quantitative estimate of drug-likeness (QED) is 0.0627. The number of fused-ring (bicyclic) bond motifs is 1. The van der Waals surface area contributed by atoms with Gasteiger partial charge in [-0.05, 0) is 144 Å². The first-order valence-electron chi connectivity index (χ1n) is 44.5. The Hall–Kier alpha value is -12.6. The molecule has 0 aliphatic rings. The first kappa shape index (κ1) is 91.2. The van der Waals surface area contributed by atoms with Crippen LogP contribution in [0.5, 0.6) is 34.9 Å². The van der Waals surface area contributed by atoms with Crippen molar-refractivity contribution >= 4 is 21.6 Å². The van der Waals surface area contributed by atoms with Crippen LogP contribution in [0.2, 0.25) is 0 Å². The van der Waals surface area contributed by atoms with Crippen LogP contribution < -0.4 is 50.9 Å². The number of para-hydroxylation sites is 7. The third-order valence-electron chi connectivity index (χ3n) is 24.1. The van der Waals surface area contributed by atoms with Crippen LogP contribution >= 0.6 is 11.3 Å². The molecule has 19 nitrogen and oxygen atoms in total. The number of benzene rings is 7. The summed E-state index contributed by atoms with van der Waals surface area (Å²) in [6, 6.07) is 64.6. The molecule has 0 atom stereocenters. The summed E-state index contributed by atoms with van der Waals surface area (Å²) < 4.78 is 57.1. The lowest BCUT2D eigenvalue weighted by Gasteiger charge is -2.17. The zero-order valence-corrected chi connectivity index (χ0v) is 80.6. The van der Waals surface area contributed by atoms with Crippen LogP contribution in [-0.4, -0.2) is 32.7 Å². The van der Waals surface area contributed by atoms with Crippen molar-refractivity contribution in [1.29, 1.82) is 0 Å². The molecule has 0 spiro atoms. The van der Waals surface area contributed by atoms with Crippen molar-refractivity contribution in [3.05, 3.63) is 288 Å². The van der Waals surface area contributed by atoms with Gasteiger partial charge in [-0.25, -0.2) is 9.13 Å². The van der Waals surface area contributed by atoms with Crippen molar-refractivity contribution in [2.45, 2.75) is 186 Å². The summed E-state index contributed by atoms with van der Waals surface area (Å²) in [5.74, 6) is 10.5. The van der Waals surface area contributed by atoms with Crippen molar-refractivity contribution in [2.24, 2.45) is 63.4 Å². The maximum atomic E-state index is 6.53. The Morgan fingerprint density at radius 1 is 0.389 bits per heavy atom. The molecule has 126 heavy (non-hydrogen) atoms. The number of aromatic nitrogens is 15. The maximum Gasteiger partial charge on any atom is 0.366 e. The van der Waals surface area contributed by atoms with Crippen LogP contribution in [0.25, 0.3) is 83.9 Å². The van der Waals surface area contributed by atoms with Crippen molar-refractivity contribution in [3.8, 4) is 109 Å². The van der Waals surface area contributed by atoms with E-state index in [9.17, 15) is 0 Å². The summed E-state index contributed by atoms with van der Waals surface area (Å²) in [5.41, 5.74) is 24.0. The van der Waals surface area contributed by atoms with Gasteiger partial charge in [0, 0.05) is 64.7 Å². The van der Waals surface area contributed by atoms with Gasteiger partial charge >= 0.3 is 52.2 Å². The Balaban J connectivity index is 0.000000145. The van der Waals surface area contributed by atoms with Gasteiger partial charge in [-0.1, -0.05) is 216 Å². The van der Waals surface area contributed by atoms with Crippen LogP contribution in [-0.2, 0) is 63.4 Å². The lowest BCUT2D eigenvalue weighted by atomic mass is 9.92. The van der Waals surface area contributed by atoms with E-state index in [1.165, 1.54) is 71.4 Å². The summed E-state index contributed by atoms with van der Waals surface area (Å²) in [6.45, 7) is 44.2. The Morgan fingerprint density at radius 2 is 0.786 bits per heavy atom. The molecule has 0 N–H and O–H groups in total. The van der Waals surface area contributed by atoms with E-state index >= 15 is 0 Å². The fourth-order valence-corrected chi connectivity index (χ4v) is 18.2. The molecular formula is C106H133N15O4S+8. The lowest BCUT2D eigenvalue weighted by Crippen LogP contribution is -2.44. The van der Waals surface area contributed by atoms with Crippen molar-refractivity contribution in [2.75, 3.05) is 0 Å². The molecule has 0 bridgehead atoms. The normalized spacial score (nSPS) is 11.6. The second kappa shape index (κ2) is 38.5. The molecule has 9 aromatic heterocycles. The zero-order chi connectivity index (χ0) is 90.7. The average molecular weight is 1710 g/mol. The van der Waals surface area contributed by atoms with Crippen LogP contribution in [0.4, 0.5) is 0 Å². The summed E-state index contributed by atoms with van der Waals surface area (Å²) >= 11 is 1.82. The summed E-state index contributed by atoms with van der Waals surface area (Å²) in [7, 11) is 18.7. The number of ether oxygens (including phenoxy) is 3. The second-order valence-corrected chi connectivity index (χ2v) is 37.0. The fourth-order valence-electron chi connectivity index (χ4n) is 17.0. The molecule has 0 saturated heterocycles. The Morgan fingerprint density at radius 3 is 1.16 bits per heavy atom. The number of nitrogens with zero attached hydrogens (tertiary/aromatic N) is 15. The van der Waals surface area contributed by atoms with Crippen LogP contribution in [0.15, 0.2) is 236 Å². The zero-order valence-electron chi connectivity index (χ0n) is 79.8. The molecule has 654 valence electrons. The minimum atomic E-state index is 0.360. The number of rotatable bonds is 22. The van der Waals surface area contributed by atoms with Crippen molar-refractivity contribution in [1.82, 2.24) is 32.7 Å². The Labute approximate surface area is 750 Å². The molecule has 0 unspecified atom stereocenters. The number of imidazole rings is 4. The summed E-state index contributed by atoms with van der Waals surface area (Å²) in [5, 5.41) is 5.73. The SMILES string of the molecule is Cc1cc(-c2cccc(-c3sc4ccccc4[n+]3C)[n+]2C)n(C)n1.Cc1ccccc1Oc1cn(-c2c(C(C)C)cccc2C(C)C)c(-c2c[n+](C(C)C)cn2C)[n+]1C.Cc1ccccc1Oc1cn(-c2c(C(C)C)cccc2C(C)C)c(-c2cc[n+](C(C)C)n2C)[n+]1C.Cc1ccccc1Oc1cn(-c2c(C(C)C)cccc2C(C)C)c(-c2coc[n+]2C)[n+]1C. The molecule has 0 aliphatic heterocycles. The van der Waals surface area contributed by atoms with E-state index in [0.29, 0.717) is 47.6 Å². The summed E-state index contributed by atoms with van der Waals surface area (Å²) in [6.07, 6.45) is 16.5. The summed E-state index contributed by atoms with van der Waals surface area (Å²) in [4.78, 5) is 0. The lowest BCUT2D eigenvalue weighted by molar-refractivity contribution is -0.789. The van der Waals surface area contributed by atoms with E-state index in [1.807, 2.05) is 103 Å². The first-order valence-corrected chi connectivity index (χ1v) is 45.3. The van der Waals surface area contributed by atoms with E-state index in [4.69, 9.17) is 18.6 Å². The number of pyridine rings is 1. The predicted octanol–water partition coefficient (Wildman–Crippen LogP) is 21.7. The van der Waals surface area contributed by atoms with E-state index in [2.05, 4.69) is 399 Å². The number of hydrogen-bond acceptors (Lipinski definition) is 6. The van der Waals surface area contributed by atoms with Crippen molar-refractivity contribution in [3.63, 3.8) is 0 Å². The van der Waals surface area contributed by atoms with Gasteiger partial charge in [-0.15, -0.1) is 9.36 Å². The maximum absolute atomic E-state index is 6.53. The highest BCUT2D eigenvalue weighted by atomic mass is 32.1. The molecule has 16 rings (SSSR count). The molecule has 0 saturated carbocycles. The molecule has 16 aromatic rings. The van der Waals surface area contributed by atoms with Crippen LogP contribution in [0.3, 0.4) is 0 Å². The molecule has 7 aromatic carbocycles. The van der Waals surface area contributed by atoms with Crippen LogP contribution in [0.1, 0.15) is 214 Å². The monoisotopic (exact) mass is 1710 g/mol. The van der Waals surface area contributed by atoms with E-state index < -0.39 is 0 Å². The van der Waals surface area contributed by atoms with Crippen LogP contribution in [0, 0.1) is 27.7 Å². The second-order valence-electron chi connectivity index (χ2n) is 36.0. The number of aryl methyl sites for hydroxylation is 8. The smallest absolute Gasteiger partial charge is 0.366 e.